The van der Waals surface area contributed by atoms with Gasteiger partial charge in [0.05, 0.1) is 24.8 Å². The monoisotopic (exact) mass is 398 g/mol. The average molecular weight is 399 g/mol. The van der Waals surface area contributed by atoms with Crippen molar-refractivity contribution in [2.75, 3.05) is 26.1 Å². The second-order valence-corrected chi connectivity index (χ2v) is 6.34. The summed E-state index contributed by atoms with van der Waals surface area (Å²) in [5, 5.41) is 3.42. The maximum atomic E-state index is 13.0. The number of nitrogens with zero attached hydrogens (tertiary/aromatic N) is 1. The van der Waals surface area contributed by atoms with Gasteiger partial charge < -0.3 is 14.8 Å². The molecule has 1 aliphatic rings. The zero-order valence-corrected chi connectivity index (χ0v) is 16.2. The summed E-state index contributed by atoms with van der Waals surface area (Å²) in [5.41, 5.74) is 1.46. The minimum Gasteiger partial charge on any atom is -0.496 e. The maximum Gasteiger partial charge on any atom is 0.278 e. The van der Waals surface area contributed by atoms with Gasteiger partial charge in [-0.25, -0.2) is 0 Å². The summed E-state index contributed by atoms with van der Waals surface area (Å²) in [6.07, 6.45) is 1.50. The van der Waals surface area contributed by atoms with Crippen LogP contribution in [0.1, 0.15) is 5.56 Å². The molecule has 7 heteroatoms. The van der Waals surface area contributed by atoms with E-state index in [9.17, 15) is 9.59 Å². The van der Waals surface area contributed by atoms with Gasteiger partial charge in [-0.1, -0.05) is 35.9 Å². The van der Waals surface area contributed by atoms with E-state index in [1.165, 1.54) is 20.3 Å². The Labute approximate surface area is 168 Å². The van der Waals surface area contributed by atoms with E-state index >= 15 is 0 Å². The molecule has 2 amide bonds. The van der Waals surface area contributed by atoms with Crippen molar-refractivity contribution in [3.63, 3.8) is 0 Å². The Balaban J connectivity index is 2.12. The van der Waals surface area contributed by atoms with Crippen molar-refractivity contribution in [2.45, 2.75) is 0 Å². The Morgan fingerprint density at radius 3 is 2.43 bits per heavy atom. The summed E-state index contributed by atoms with van der Waals surface area (Å²) in [4.78, 5) is 27.1. The number of hydrogen-bond donors (Lipinski definition) is 1. The fourth-order valence-corrected chi connectivity index (χ4v) is 3.23. The highest BCUT2D eigenvalue weighted by molar-refractivity contribution is 6.37. The molecule has 144 valence electrons. The number of para-hydroxylation sites is 1. The lowest BCUT2D eigenvalue weighted by molar-refractivity contribution is -0.136. The van der Waals surface area contributed by atoms with Gasteiger partial charge in [0.2, 0.25) is 0 Å². The minimum absolute atomic E-state index is 0.102. The Hall–Kier alpha value is -3.25. The molecule has 0 bridgehead atoms. The van der Waals surface area contributed by atoms with E-state index in [0.717, 1.165) is 4.90 Å². The second-order valence-electron chi connectivity index (χ2n) is 5.93. The number of ether oxygens (including phenoxy) is 2. The van der Waals surface area contributed by atoms with Crippen molar-refractivity contribution in [1.82, 2.24) is 4.90 Å². The molecule has 0 saturated heterocycles. The quantitative estimate of drug-likeness (QED) is 0.568. The Morgan fingerprint density at radius 2 is 1.79 bits per heavy atom. The third kappa shape index (κ3) is 3.46. The van der Waals surface area contributed by atoms with Crippen LogP contribution in [-0.4, -0.2) is 37.5 Å². The molecule has 0 unspecified atom stereocenters. The standard InChI is InChI=1S/C21H19ClN2O4/c1-4-11-24-20(25)18(14-7-5-6-8-16(14)27-2)19(21(24)26)23-13-9-10-17(28-3)15(22)12-13/h4-10,12,23H,1,11H2,2-3H3. The van der Waals surface area contributed by atoms with Crippen molar-refractivity contribution in [1.29, 1.82) is 0 Å². The van der Waals surface area contributed by atoms with Crippen LogP contribution < -0.4 is 14.8 Å². The summed E-state index contributed by atoms with van der Waals surface area (Å²) < 4.78 is 10.5. The average Bonchev–Trinajstić information content (AvgIpc) is 2.92. The maximum absolute atomic E-state index is 13.0. The second kappa shape index (κ2) is 8.19. The molecule has 2 aromatic rings. The summed E-state index contributed by atoms with van der Waals surface area (Å²) in [5.74, 6) is 0.133. The van der Waals surface area contributed by atoms with E-state index in [4.69, 9.17) is 21.1 Å². The van der Waals surface area contributed by atoms with Crippen LogP contribution >= 0.6 is 11.6 Å². The predicted octanol–water partition coefficient (Wildman–Crippen LogP) is 3.74. The van der Waals surface area contributed by atoms with Gasteiger partial charge in [0.15, 0.2) is 0 Å². The van der Waals surface area contributed by atoms with Crippen LogP contribution in [0.2, 0.25) is 5.02 Å². The molecule has 0 radical (unpaired) electrons. The summed E-state index contributed by atoms with van der Waals surface area (Å²) in [6.45, 7) is 3.73. The van der Waals surface area contributed by atoms with E-state index < -0.39 is 11.8 Å². The molecule has 6 nitrogen and oxygen atoms in total. The smallest absolute Gasteiger partial charge is 0.278 e. The lowest BCUT2D eigenvalue weighted by Crippen LogP contribution is -2.32. The fraction of sp³-hybridized carbons (Fsp3) is 0.143. The van der Waals surface area contributed by atoms with Crippen LogP contribution in [0.4, 0.5) is 5.69 Å². The number of amides is 2. The molecule has 0 saturated carbocycles. The number of anilines is 1. The number of hydrogen-bond acceptors (Lipinski definition) is 5. The number of carbonyl (C=O) groups excluding carboxylic acids is 2. The number of nitrogens with one attached hydrogen (secondary N) is 1. The van der Waals surface area contributed by atoms with E-state index in [0.29, 0.717) is 27.8 Å². The molecule has 1 N–H and O–H groups in total. The van der Waals surface area contributed by atoms with Gasteiger partial charge in [0.1, 0.15) is 17.2 Å². The predicted molar refractivity (Wildman–Crippen MR) is 108 cm³/mol. The molecular formula is C21H19ClN2O4. The van der Waals surface area contributed by atoms with Crippen molar-refractivity contribution >= 4 is 34.7 Å². The normalized spacial score (nSPS) is 13.8. The molecule has 0 aromatic heterocycles. The van der Waals surface area contributed by atoms with E-state index in [2.05, 4.69) is 11.9 Å². The summed E-state index contributed by atoms with van der Waals surface area (Å²) >= 11 is 6.18. The van der Waals surface area contributed by atoms with Gasteiger partial charge in [-0.3, -0.25) is 14.5 Å². The molecule has 0 fully saturated rings. The van der Waals surface area contributed by atoms with Gasteiger partial charge in [-0.2, -0.15) is 0 Å². The van der Waals surface area contributed by atoms with Crippen molar-refractivity contribution in [2.24, 2.45) is 0 Å². The fourth-order valence-electron chi connectivity index (χ4n) is 2.98. The zero-order valence-electron chi connectivity index (χ0n) is 15.5. The largest absolute Gasteiger partial charge is 0.496 e. The third-order valence-corrected chi connectivity index (χ3v) is 4.57. The number of methoxy groups -OCH3 is 2. The van der Waals surface area contributed by atoms with Crippen LogP contribution in [0.25, 0.3) is 5.57 Å². The van der Waals surface area contributed by atoms with E-state index in [-0.39, 0.29) is 17.8 Å². The molecule has 0 aliphatic carbocycles. The lowest BCUT2D eigenvalue weighted by atomic mass is 10.0. The van der Waals surface area contributed by atoms with E-state index in [1.807, 2.05) is 0 Å². The molecule has 2 aromatic carbocycles. The number of benzene rings is 2. The van der Waals surface area contributed by atoms with E-state index in [1.54, 1.807) is 42.5 Å². The van der Waals surface area contributed by atoms with Crippen molar-refractivity contribution in [3.05, 3.63) is 71.4 Å². The molecule has 0 atom stereocenters. The first-order valence-corrected chi connectivity index (χ1v) is 8.85. The zero-order chi connectivity index (χ0) is 20.3. The number of carbonyl (C=O) groups is 2. The molecule has 28 heavy (non-hydrogen) atoms. The highest BCUT2D eigenvalue weighted by Crippen LogP contribution is 2.36. The van der Waals surface area contributed by atoms with Crippen molar-refractivity contribution < 1.29 is 19.1 Å². The first kappa shape index (κ1) is 19.5. The summed E-state index contributed by atoms with van der Waals surface area (Å²) in [6, 6.07) is 12.1. The molecule has 3 rings (SSSR count). The third-order valence-electron chi connectivity index (χ3n) is 4.28. The number of imide groups is 1. The van der Waals surface area contributed by atoms with Gasteiger partial charge in [-0.15, -0.1) is 6.58 Å². The van der Waals surface area contributed by atoms with Gasteiger partial charge in [0.25, 0.3) is 11.8 Å². The Morgan fingerprint density at radius 1 is 1.07 bits per heavy atom. The molecule has 0 spiro atoms. The van der Waals surface area contributed by atoms with Gasteiger partial charge >= 0.3 is 0 Å². The lowest BCUT2D eigenvalue weighted by Gasteiger charge is -2.13. The van der Waals surface area contributed by atoms with Crippen LogP contribution in [0.3, 0.4) is 0 Å². The molecule has 1 heterocycles. The van der Waals surface area contributed by atoms with Crippen molar-refractivity contribution in [3.8, 4) is 11.5 Å². The topological polar surface area (TPSA) is 67.9 Å². The van der Waals surface area contributed by atoms with Crippen LogP contribution in [0, 0.1) is 0 Å². The SMILES string of the molecule is C=CCN1C(=O)C(Nc2ccc(OC)c(Cl)c2)=C(c2ccccc2OC)C1=O. The summed E-state index contributed by atoms with van der Waals surface area (Å²) in [7, 11) is 3.03. The number of rotatable bonds is 7. The van der Waals surface area contributed by atoms with Gasteiger partial charge in [0, 0.05) is 17.8 Å². The van der Waals surface area contributed by atoms with Crippen LogP contribution in [0.5, 0.6) is 11.5 Å². The van der Waals surface area contributed by atoms with Crippen LogP contribution in [-0.2, 0) is 9.59 Å². The van der Waals surface area contributed by atoms with Crippen LogP contribution in [0.15, 0.2) is 60.8 Å². The minimum atomic E-state index is -0.447. The Bertz CT molecular complexity index is 984. The molecule has 1 aliphatic heterocycles. The Kier molecular flexibility index (Phi) is 5.70. The molecular weight excluding hydrogens is 380 g/mol. The van der Waals surface area contributed by atoms with Gasteiger partial charge in [-0.05, 0) is 24.3 Å². The highest BCUT2D eigenvalue weighted by Gasteiger charge is 2.39. The first-order valence-electron chi connectivity index (χ1n) is 8.47. The number of halogens is 1. The highest BCUT2D eigenvalue weighted by atomic mass is 35.5. The first-order chi connectivity index (χ1) is 13.5.